The topological polar surface area (TPSA) is 29.5 Å². The highest BCUT2D eigenvalue weighted by atomic mass is 28.4. The van der Waals surface area contributed by atoms with Gasteiger partial charge in [-0.15, -0.1) is 0 Å². The van der Waals surface area contributed by atoms with Crippen LogP contribution in [-0.2, 0) is 4.43 Å². The summed E-state index contributed by atoms with van der Waals surface area (Å²) in [4.78, 5) is 0. The average Bonchev–Trinajstić information content (AvgIpc) is 2.35. The van der Waals surface area contributed by atoms with Crippen LogP contribution in [0.3, 0.4) is 0 Å². The van der Waals surface area contributed by atoms with Gasteiger partial charge >= 0.3 is 0 Å². The van der Waals surface area contributed by atoms with Crippen molar-refractivity contribution in [3.05, 3.63) is 0 Å². The van der Waals surface area contributed by atoms with Gasteiger partial charge in [0.25, 0.3) is 0 Å². The number of hydrogen-bond donors (Lipinski definition) is 1. The molecule has 3 heteroatoms. The normalized spacial score (nSPS) is 27.5. The van der Waals surface area contributed by atoms with E-state index in [2.05, 4.69) is 20.8 Å². The molecule has 0 amide bonds. The van der Waals surface area contributed by atoms with Gasteiger partial charge in [0.2, 0.25) is 0 Å². The van der Waals surface area contributed by atoms with Crippen LogP contribution in [0, 0.1) is 0 Å². The lowest BCUT2D eigenvalue weighted by molar-refractivity contribution is 0.0120. The van der Waals surface area contributed by atoms with E-state index in [0.717, 1.165) is 12.8 Å². The predicted octanol–water partition coefficient (Wildman–Crippen LogP) is 4.09. The van der Waals surface area contributed by atoms with E-state index in [9.17, 15) is 5.11 Å². The molecule has 1 fully saturated rings. The van der Waals surface area contributed by atoms with Crippen molar-refractivity contribution in [2.24, 2.45) is 0 Å². The van der Waals surface area contributed by atoms with E-state index >= 15 is 0 Å². The summed E-state index contributed by atoms with van der Waals surface area (Å²) >= 11 is 0. The van der Waals surface area contributed by atoms with Crippen LogP contribution >= 0.6 is 0 Å². The molecule has 1 aliphatic carbocycles. The van der Waals surface area contributed by atoms with E-state index in [1.165, 1.54) is 43.8 Å². The maximum Gasteiger partial charge on any atom is 0.192 e. The van der Waals surface area contributed by atoms with E-state index < -0.39 is 8.32 Å². The van der Waals surface area contributed by atoms with Gasteiger partial charge < -0.3 is 9.53 Å². The second-order valence-corrected chi connectivity index (χ2v) is 10.2. The molecule has 0 saturated heterocycles. The van der Waals surface area contributed by atoms with Crippen LogP contribution in [0.4, 0.5) is 0 Å². The van der Waals surface area contributed by atoms with Crippen LogP contribution in [0.25, 0.3) is 0 Å². The fourth-order valence-corrected chi connectivity index (χ4v) is 5.81. The van der Waals surface area contributed by atoms with E-state index in [4.69, 9.17) is 4.43 Å². The predicted molar refractivity (Wildman–Crippen MR) is 75.8 cm³/mol. The Labute approximate surface area is 108 Å². The van der Waals surface area contributed by atoms with Gasteiger partial charge in [-0.25, -0.2) is 0 Å². The van der Waals surface area contributed by atoms with Crippen molar-refractivity contribution >= 4 is 8.32 Å². The molecule has 0 spiro atoms. The van der Waals surface area contributed by atoms with Gasteiger partial charge in [0.1, 0.15) is 0 Å². The first-order valence-electron chi connectivity index (χ1n) is 7.53. The van der Waals surface area contributed by atoms with Crippen LogP contribution in [0.15, 0.2) is 0 Å². The number of hydrogen-bond acceptors (Lipinski definition) is 2. The lowest BCUT2D eigenvalue weighted by Crippen LogP contribution is -2.44. The van der Waals surface area contributed by atoms with Crippen molar-refractivity contribution < 1.29 is 9.53 Å². The van der Waals surface area contributed by atoms with E-state index in [-0.39, 0.29) is 12.2 Å². The second-order valence-electron chi connectivity index (χ2n) is 5.46. The fourth-order valence-electron chi connectivity index (χ4n) is 2.89. The van der Waals surface area contributed by atoms with Crippen molar-refractivity contribution in [1.29, 1.82) is 0 Å². The largest absolute Gasteiger partial charge is 0.411 e. The second kappa shape index (κ2) is 7.55. The highest BCUT2D eigenvalue weighted by Gasteiger charge is 2.34. The first-order valence-corrected chi connectivity index (χ1v) is 10.1. The zero-order valence-corrected chi connectivity index (χ0v) is 12.9. The lowest BCUT2D eigenvalue weighted by atomic mass is 9.96. The van der Waals surface area contributed by atoms with Crippen molar-refractivity contribution in [2.75, 3.05) is 0 Å². The van der Waals surface area contributed by atoms with Crippen molar-refractivity contribution in [3.63, 3.8) is 0 Å². The smallest absolute Gasteiger partial charge is 0.192 e. The summed E-state index contributed by atoms with van der Waals surface area (Å²) in [6, 6.07) is 3.55. The summed E-state index contributed by atoms with van der Waals surface area (Å²) in [6.07, 6.45) is 6.90. The molecule has 1 N–H and O–H groups in total. The molecule has 1 aliphatic rings. The molecule has 0 unspecified atom stereocenters. The molecule has 0 aromatic rings. The maximum absolute atomic E-state index is 10.2. The highest BCUT2D eigenvalue weighted by Crippen LogP contribution is 2.28. The molecular weight excluding hydrogens is 228 g/mol. The minimum atomic E-state index is -1.55. The summed E-state index contributed by atoms with van der Waals surface area (Å²) in [5, 5.41) is 10.2. The Morgan fingerprint density at radius 3 is 2.00 bits per heavy atom. The van der Waals surface area contributed by atoms with Crippen LogP contribution in [0.5, 0.6) is 0 Å². The minimum Gasteiger partial charge on any atom is -0.411 e. The number of rotatable bonds is 5. The lowest BCUT2D eigenvalue weighted by Gasteiger charge is -2.36. The van der Waals surface area contributed by atoms with E-state index in [1.807, 2.05) is 0 Å². The minimum absolute atomic E-state index is 0.127. The summed E-state index contributed by atoms with van der Waals surface area (Å²) < 4.78 is 6.46. The van der Waals surface area contributed by atoms with Crippen LogP contribution in [0.1, 0.15) is 59.3 Å². The molecule has 17 heavy (non-hydrogen) atoms. The molecule has 2 nitrogen and oxygen atoms in total. The quantitative estimate of drug-likeness (QED) is 0.753. The first kappa shape index (κ1) is 15.2. The Bertz CT molecular complexity index is 196. The standard InChI is InChI=1S/C14H30O2Si/c1-4-17(5-2,6-3)16-14-12-10-8-7-9-11-13(14)15/h13-15H,4-12H2,1-3H3/t13-,14+/m1/s1. The zero-order valence-electron chi connectivity index (χ0n) is 11.9. The Morgan fingerprint density at radius 1 is 0.941 bits per heavy atom. The van der Waals surface area contributed by atoms with Crippen molar-refractivity contribution in [3.8, 4) is 0 Å². The van der Waals surface area contributed by atoms with Gasteiger partial charge in [-0.1, -0.05) is 46.5 Å². The molecule has 1 rings (SSSR count). The summed E-state index contributed by atoms with van der Waals surface area (Å²) in [6.45, 7) is 6.78. The Hall–Kier alpha value is 0.137. The molecule has 2 atom stereocenters. The third-order valence-electron chi connectivity index (χ3n) is 4.50. The van der Waals surface area contributed by atoms with E-state index in [0.29, 0.717) is 0 Å². The SMILES string of the molecule is CC[Si](CC)(CC)O[C@H]1CCCCCC[C@H]1O. The van der Waals surface area contributed by atoms with Gasteiger partial charge in [0.15, 0.2) is 8.32 Å². The van der Waals surface area contributed by atoms with Crippen molar-refractivity contribution in [2.45, 2.75) is 89.6 Å². The molecule has 102 valence electrons. The van der Waals surface area contributed by atoms with Gasteiger partial charge in [-0.05, 0) is 31.0 Å². The van der Waals surface area contributed by atoms with Gasteiger partial charge in [0.05, 0.1) is 12.2 Å². The average molecular weight is 258 g/mol. The number of aliphatic hydroxyl groups excluding tert-OH is 1. The summed E-state index contributed by atoms with van der Waals surface area (Å²) in [5.74, 6) is 0. The van der Waals surface area contributed by atoms with E-state index in [1.54, 1.807) is 0 Å². The van der Waals surface area contributed by atoms with Gasteiger partial charge in [-0.3, -0.25) is 0 Å². The third-order valence-corrected chi connectivity index (χ3v) is 9.17. The molecule has 0 radical (unpaired) electrons. The molecule has 0 heterocycles. The zero-order chi connectivity index (χ0) is 12.7. The summed E-state index contributed by atoms with van der Waals surface area (Å²) in [5.41, 5.74) is 0. The highest BCUT2D eigenvalue weighted by molar-refractivity contribution is 6.73. The molecule has 0 aromatic heterocycles. The summed E-state index contributed by atoms with van der Waals surface area (Å²) in [7, 11) is -1.55. The maximum atomic E-state index is 10.2. The van der Waals surface area contributed by atoms with Crippen molar-refractivity contribution in [1.82, 2.24) is 0 Å². The monoisotopic (exact) mass is 258 g/mol. The Morgan fingerprint density at radius 2 is 1.47 bits per heavy atom. The molecule has 0 aliphatic heterocycles. The molecule has 1 saturated carbocycles. The fraction of sp³-hybridized carbons (Fsp3) is 1.00. The Kier molecular flexibility index (Phi) is 6.74. The molecule has 0 aromatic carbocycles. The van der Waals surface area contributed by atoms with Crippen LogP contribution in [0.2, 0.25) is 18.1 Å². The molecular formula is C14H30O2Si. The molecule has 0 bridgehead atoms. The first-order chi connectivity index (χ1) is 8.17. The third kappa shape index (κ3) is 4.38. The van der Waals surface area contributed by atoms with Gasteiger partial charge in [-0.2, -0.15) is 0 Å². The van der Waals surface area contributed by atoms with Gasteiger partial charge in [0, 0.05) is 0 Å². The Balaban J connectivity index is 2.61. The number of aliphatic hydroxyl groups is 1. The van der Waals surface area contributed by atoms with Crippen LogP contribution in [-0.4, -0.2) is 25.6 Å². The van der Waals surface area contributed by atoms with Crippen LogP contribution < -0.4 is 0 Å².